The fourth-order valence-corrected chi connectivity index (χ4v) is 3.26. The fourth-order valence-electron chi connectivity index (χ4n) is 2.90. The summed E-state index contributed by atoms with van der Waals surface area (Å²) < 4.78 is 11.2. The van der Waals surface area contributed by atoms with Gasteiger partial charge in [-0.3, -0.25) is 4.98 Å². The molecule has 4 heteroatoms. The van der Waals surface area contributed by atoms with Gasteiger partial charge in [-0.2, -0.15) is 0 Å². The van der Waals surface area contributed by atoms with Crippen molar-refractivity contribution >= 4 is 22.5 Å². The summed E-state index contributed by atoms with van der Waals surface area (Å²) in [6, 6.07) is 3.92. The number of pyridine rings is 1. The van der Waals surface area contributed by atoms with Gasteiger partial charge in [0.05, 0.1) is 10.5 Å². The smallest absolute Gasteiger partial charge is 0.163 e. The number of halogens is 1. The van der Waals surface area contributed by atoms with Crippen LogP contribution in [0.1, 0.15) is 24.1 Å². The number of aromatic nitrogens is 1. The van der Waals surface area contributed by atoms with Crippen LogP contribution < -0.4 is 9.47 Å². The lowest BCUT2D eigenvalue weighted by Gasteiger charge is -2.21. The average Bonchev–Trinajstić information content (AvgIpc) is 2.46. The maximum atomic E-state index is 6.57. The van der Waals surface area contributed by atoms with E-state index < -0.39 is 0 Å². The van der Waals surface area contributed by atoms with Crippen LogP contribution in [0.2, 0.25) is 5.02 Å². The Kier molecular flexibility index (Phi) is 2.55. The Bertz CT molecular complexity index is 664. The number of benzene rings is 1. The highest BCUT2D eigenvalue weighted by atomic mass is 35.5. The fraction of sp³-hybridized carbons (Fsp3) is 0.400. The Morgan fingerprint density at radius 2 is 1.74 bits per heavy atom. The zero-order valence-electron chi connectivity index (χ0n) is 10.5. The van der Waals surface area contributed by atoms with Crippen molar-refractivity contribution < 1.29 is 9.47 Å². The van der Waals surface area contributed by atoms with Crippen molar-refractivity contribution in [3.63, 3.8) is 0 Å². The van der Waals surface area contributed by atoms with Gasteiger partial charge < -0.3 is 9.47 Å². The third-order valence-corrected chi connectivity index (χ3v) is 4.29. The molecule has 1 aliphatic heterocycles. The third-order valence-electron chi connectivity index (χ3n) is 3.86. The summed E-state index contributed by atoms with van der Waals surface area (Å²) in [6.45, 7) is 1.19. The summed E-state index contributed by atoms with van der Waals surface area (Å²) in [7, 11) is 0. The van der Waals surface area contributed by atoms with Crippen LogP contribution in [0.15, 0.2) is 12.1 Å². The second kappa shape index (κ2) is 4.27. The first kappa shape index (κ1) is 11.4. The molecule has 2 heterocycles. The van der Waals surface area contributed by atoms with E-state index in [1.807, 2.05) is 12.1 Å². The number of ether oxygens (including phenoxy) is 2. The van der Waals surface area contributed by atoms with E-state index in [1.54, 1.807) is 0 Å². The molecule has 0 fully saturated rings. The predicted molar refractivity (Wildman–Crippen MR) is 74.4 cm³/mol. The summed E-state index contributed by atoms with van der Waals surface area (Å²) in [5.41, 5.74) is 3.28. The standard InChI is InChI=1S/C15H14ClNO2/c16-15-9-3-1-2-4-11(9)17-12-8-14-13(7-10(12)15)18-5-6-19-14/h7-8H,1-6H2. The van der Waals surface area contributed by atoms with Gasteiger partial charge >= 0.3 is 0 Å². The third kappa shape index (κ3) is 1.76. The van der Waals surface area contributed by atoms with Crippen molar-refractivity contribution in [1.29, 1.82) is 0 Å². The summed E-state index contributed by atoms with van der Waals surface area (Å²) in [5, 5.41) is 1.82. The van der Waals surface area contributed by atoms with E-state index in [4.69, 9.17) is 26.1 Å². The van der Waals surface area contributed by atoms with Crippen LogP contribution in [-0.2, 0) is 12.8 Å². The molecule has 1 aliphatic carbocycles. The molecule has 0 unspecified atom stereocenters. The molecule has 1 aromatic carbocycles. The topological polar surface area (TPSA) is 31.4 Å². The quantitative estimate of drug-likeness (QED) is 0.737. The monoisotopic (exact) mass is 275 g/mol. The largest absolute Gasteiger partial charge is 0.486 e. The molecule has 0 N–H and O–H groups in total. The predicted octanol–water partition coefficient (Wildman–Crippen LogP) is 3.54. The van der Waals surface area contributed by atoms with Gasteiger partial charge in [0.25, 0.3) is 0 Å². The van der Waals surface area contributed by atoms with E-state index in [1.165, 1.54) is 18.4 Å². The molecule has 1 aromatic heterocycles. The molecule has 3 nitrogen and oxygen atoms in total. The Morgan fingerprint density at radius 1 is 1.00 bits per heavy atom. The molecule has 0 atom stereocenters. The van der Waals surface area contributed by atoms with Gasteiger partial charge in [-0.15, -0.1) is 0 Å². The molecule has 0 radical (unpaired) electrons. The van der Waals surface area contributed by atoms with Crippen LogP contribution in [0.25, 0.3) is 10.9 Å². The van der Waals surface area contributed by atoms with Crippen molar-refractivity contribution in [3.8, 4) is 11.5 Å². The van der Waals surface area contributed by atoms with E-state index in [9.17, 15) is 0 Å². The molecule has 2 aliphatic rings. The van der Waals surface area contributed by atoms with Gasteiger partial charge in [0.1, 0.15) is 13.2 Å². The highest BCUT2D eigenvalue weighted by Gasteiger charge is 2.20. The molecule has 0 bridgehead atoms. The highest BCUT2D eigenvalue weighted by molar-refractivity contribution is 6.36. The molecule has 0 saturated heterocycles. The SMILES string of the molecule is Clc1c2c(nc3cc4c(cc13)OCCO4)CCCC2. The summed E-state index contributed by atoms with van der Waals surface area (Å²) in [4.78, 5) is 4.76. The molecule has 0 amide bonds. The van der Waals surface area contributed by atoms with Crippen LogP contribution in [0.4, 0.5) is 0 Å². The van der Waals surface area contributed by atoms with Gasteiger partial charge in [0.2, 0.25) is 0 Å². The number of aryl methyl sites for hydroxylation is 1. The molecule has 0 saturated carbocycles. The maximum Gasteiger partial charge on any atom is 0.163 e. The molecule has 0 spiro atoms. The van der Waals surface area contributed by atoms with Crippen molar-refractivity contribution in [3.05, 3.63) is 28.4 Å². The molecule has 19 heavy (non-hydrogen) atoms. The Morgan fingerprint density at radius 3 is 2.58 bits per heavy atom. The van der Waals surface area contributed by atoms with Gasteiger partial charge in [-0.25, -0.2) is 0 Å². The molecular weight excluding hydrogens is 262 g/mol. The second-order valence-corrected chi connectivity index (χ2v) is 5.45. The Labute approximate surface area is 116 Å². The number of fused-ring (bicyclic) bond motifs is 3. The Balaban J connectivity index is 1.99. The summed E-state index contributed by atoms with van der Waals surface area (Å²) in [5.74, 6) is 1.55. The maximum absolute atomic E-state index is 6.57. The first-order chi connectivity index (χ1) is 9.33. The minimum Gasteiger partial charge on any atom is -0.486 e. The molecule has 98 valence electrons. The minimum absolute atomic E-state index is 0.592. The summed E-state index contributed by atoms with van der Waals surface area (Å²) in [6.07, 6.45) is 4.46. The van der Waals surface area contributed by atoms with Gasteiger partial charge in [-0.05, 0) is 37.3 Å². The molecule has 4 rings (SSSR count). The Hall–Kier alpha value is -1.48. The van der Waals surface area contributed by atoms with Crippen molar-refractivity contribution in [2.75, 3.05) is 13.2 Å². The first-order valence-corrected chi connectivity index (χ1v) is 7.11. The zero-order valence-corrected chi connectivity index (χ0v) is 11.3. The van der Waals surface area contributed by atoms with Crippen LogP contribution in [0.3, 0.4) is 0 Å². The van der Waals surface area contributed by atoms with Crippen LogP contribution >= 0.6 is 11.6 Å². The van der Waals surface area contributed by atoms with E-state index in [0.717, 1.165) is 46.0 Å². The normalized spacial score (nSPS) is 17.3. The number of hydrogen-bond acceptors (Lipinski definition) is 3. The average molecular weight is 276 g/mol. The van der Waals surface area contributed by atoms with Gasteiger partial charge in [0, 0.05) is 17.1 Å². The van der Waals surface area contributed by atoms with E-state index in [0.29, 0.717) is 13.2 Å². The number of rotatable bonds is 0. The lowest BCUT2D eigenvalue weighted by molar-refractivity contribution is 0.172. The number of nitrogens with zero attached hydrogens (tertiary/aromatic N) is 1. The van der Waals surface area contributed by atoms with Crippen LogP contribution in [0, 0.1) is 0 Å². The second-order valence-electron chi connectivity index (χ2n) is 5.07. The molecular formula is C15H14ClNO2. The van der Waals surface area contributed by atoms with E-state index in [-0.39, 0.29) is 0 Å². The first-order valence-electron chi connectivity index (χ1n) is 6.73. The zero-order chi connectivity index (χ0) is 12.8. The van der Waals surface area contributed by atoms with Crippen LogP contribution in [0.5, 0.6) is 11.5 Å². The molecule has 2 aromatic rings. The van der Waals surface area contributed by atoms with Gasteiger partial charge in [0.15, 0.2) is 11.5 Å². The van der Waals surface area contributed by atoms with Gasteiger partial charge in [-0.1, -0.05) is 11.6 Å². The van der Waals surface area contributed by atoms with Crippen LogP contribution in [-0.4, -0.2) is 18.2 Å². The van der Waals surface area contributed by atoms with Crippen molar-refractivity contribution in [2.45, 2.75) is 25.7 Å². The highest BCUT2D eigenvalue weighted by Crippen LogP contribution is 2.39. The van der Waals surface area contributed by atoms with E-state index >= 15 is 0 Å². The number of hydrogen-bond donors (Lipinski definition) is 0. The van der Waals surface area contributed by atoms with Crippen molar-refractivity contribution in [1.82, 2.24) is 4.98 Å². The minimum atomic E-state index is 0.592. The van der Waals surface area contributed by atoms with E-state index in [2.05, 4.69) is 0 Å². The summed E-state index contributed by atoms with van der Waals surface area (Å²) >= 11 is 6.57. The van der Waals surface area contributed by atoms with Crippen molar-refractivity contribution in [2.24, 2.45) is 0 Å². The lowest BCUT2D eigenvalue weighted by Crippen LogP contribution is -2.15. The lowest BCUT2D eigenvalue weighted by atomic mass is 9.94.